The number of hydrogen-bond acceptors (Lipinski definition) is 4. The predicted molar refractivity (Wildman–Crippen MR) is 173 cm³/mol. The van der Waals surface area contributed by atoms with Gasteiger partial charge in [0.05, 0.1) is 12.7 Å². The molecule has 4 rings (SSSR count). The lowest BCUT2D eigenvalue weighted by Crippen LogP contribution is -2.41. The van der Waals surface area contributed by atoms with Crippen LogP contribution in [0.3, 0.4) is 0 Å². The third-order valence-corrected chi connectivity index (χ3v) is 9.09. The summed E-state index contributed by atoms with van der Waals surface area (Å²) in [7, 11) is 0. The fraction of sp³-hybridized carbons (Fsp3) is 0.429. The van der Waals surface area contributed by atoms with Crippen molar-refractivity contribution in [3.05, 3.63) is 94.0 Å². The van der Waals surface area contributed by atoms with Gasteiger partial charge < -0.3 is 15.2 Å². The average molecular weight is 608 g/mol. The second-order valence-corrected chi connectivity index (χ2v) is 12.7. The van der Waals surface area contributed by atoms with Crippen molar-refractivity contribution in [3.63, 3.8) is 0 Å². The minimum atomic E-state index is -1.03. The number of carbonyl (C=O) groups excluding carboxylic acids is 1. The van der Waals surface area contributed by atoms with E-state index in [4.69, 9.17) is 16.3 Å². The van der Waals surface area contributed by atoms with Crippen LogP contribution in [0, 0.1) is 12.8 Å². The number of carboxylic acid groups (broad SMARTS) is 1. The van der Waals surface area contributed by atoms with Crippen molar-refractivity contribution in [2.24, 2.45) is 5.92 Å². The maximum absolute atomic E-state index is 13.4. The van der Waals surface area contributed by atoms with Gasteiger partial charge in [0.25, 0.3) is 5.91 Å². The van der Waals surface area contributed by atoms with E-state index in [0.717, 1.165) is 46.6 Å². The van der Waals surface area contributed by atoms with E-state index in [-0.39, 0.29) is 6.10 Å². The van der Waals surface area contributed by atoms with Crippen LogP contribution in [0.4, 0.5) is 0 Å². The van der Waals surface area contributed by atoms with E-state index in [9.17, 15) is 14.7 Å². The molecular formula is C35H42ClNO4S. The van der Waals surface area contributed by atoms with Gasteiger partial charge >= 0.3 is 5.97 Å². The molecule has 0 aliphatic heterocycles. The first kappa shape index (κ1) is 32.1. The number of nitrogens with one attached hydrogen (secondary N) is 1. The monoisotopic (exact) mass is 607 g/mol. The van der Waals surface area contributed by atoms with E-state index in [2.05, 4.69) is 11.4 Å². The maximum atomic E-state index is 13.4. The Balaban J connectivity index is 1.58. The second kappa shape index (κ2) is 16.2. The highest BCUT2D eigenvalue weighted by atomic mass is 35.5. The summed E-state index contributed by atoms with van der Waals surface area (Å²) in [6.45, 7) is 2.40. The van der Waals surface area contributed by atoms with Gasteiger partial charge in [0.1, 0.15) is 6.04 Å². The predicted octanol–water partition coefficient (Wildman–Crippen LogP) is 8.87. The molecule has 1 aliphatic carbocycles. The lowest BCUT2D eigenvalue weighted by molar-refractivity contribution is -0.139. The average Bonchev–Trinajstić information content (AvgIpc) is 2.99. The largest absolute Gasteiger partial charge is 0.480 e. The first-order chi connectivity index (χ1) is 20.4. The molecule has 0 saturated heterocycles. The summed E-state index contributed by atoms with van der Waals surface area (Å²) >= 11 is 7.91. The Hall–Kier alpha value is -2.80. The Bertz CT molecular complexity index is 1340. The van der Waals surface area contributed by atoms with Gasteiger partial charge in [-0.3, -0.25) is 4.79 Å². The number of thioether (sulfide) groups is 1. The molecule has 3 aromatic carbocycles. The Morgan fingerprint density at radius 1 is 1.00 bits per heavy atom. The number of rotatable bonds is 14. The zero-order valence-corrected chi connectivity index (χ0v) is 26.2. The van der Waals surface area contributed by atoms with Gasteiger partial charge in [-0.2, -0.15) is 11.8 Å². The zero-order chi connectivity index (χ0) is 29.9. The lowest BCUT2D eigenvalue weighted by Gasteiger charge is -2.25. The van der Waals surface area contributed by atoms with Crippen LogP contribution in [-0.2, 0) is 16.1 Å². The summed E-state index contributed by atoms with van der Waals surface area (Å²) in [6.07, 6.45) is 10.8. The van der Waals surface area contributed by atoms with E-state index >= 15 is 0 Å². The Labute approximate surface area is 259 Å². The number of aryl methyl sites for hydroxylation is 1. The molecule has 3 aromatic rings. The van der Waals surface area contributed by atoms with E-state index in [1.54, 1.807) is 17.8 Å². The number of carbonyl (C=O) groups is 2. The fourth-order valence-electron chi connectivity index (χ4n) is 5.82. The summed E-state index contributed by atoms with van der Waals surface area (Å²) in [5, 5.41) is 13.1. The van der Waals surface area contributed by atoms with Crippen LogP contribution in [0.1, 0.15) is 84.5 Å². The van der Waals surface area contributed by atoms with Crippen LogP contribution < -0.4 is 5.32 Å². The van der Waals surface area contributed by atoms with Gasteiger partial charge in [-0.05, 0) is 96.2 Å². The van der Waals surface area contributed by atoms with Gasteiger partial charge in [-0.15, -0.1) is 0 Å². The fourth-order valence-corrected chi connectivity index (χ4v) is 6.49. The van der Waals surface area contributed by atoms with E-state index < -0.39 is 17.9 Å². The van der Waals surface area contributed by atoms with Gasteiger partial charge in [0.15, 0.2) is 0 Å². The first-order valence-corrected chi connectivity index (χ1v) is 16.7. The number of aliphatic carboxylic acids is 1. The van der Waals surface area contributed by atoms with Gasteiger partial charge in [-0.1, -0.05) is 86.2 Å². The van der Waals surface area contributed by atoms with E-state index in [1.165, 1.54) is 32.1 Å². The second-order valence-electron chi connectivity index (χ2n) is 11.3. The molecule has 42 heavy (non-hydrogen) atoms. The van der Waals surface area contributed by atoms with Crippen LogP contribution in [0.2, 0.25) is 5.02 Å². The highest BCUT2D eigenvalue weighted by Gasteiger charge is 2.23. The van der Waals surface area contributed by atoms with E-state index in [0.29, 0.717) is 29.4 Å². The normalized spacial score (nSPS) is 15.2. The molecule has 0 radical (unpaired) electrons. The van der Waals surface area contributed by atoms with Crippen molar-refractivity contribution in [1.82, 2.24) is 5.32 Å². The van der Waals surface area contributed by atoms with Crippen molar-refractivity contribution in [1.29, 1.82) is 0 Å². The summed E-state index contributed by atoms with van der Waals surface area (Å²) in [4.78, 5) is 25.3. The molecule has 2 atom stereocenters. The van der Waals surface area contributed by atoms with Crippen LogP contribution in [0.5, 0.6) is 0 Å². The molecule has 1 saturated carbocycles. The minimum absolute atomic E-state index is 0.0803. The molecule has 2 N–H and O–H groups in total. The zero-order valence-electron chi connectivity index (χ0n) is 24.6. The lowest BCUT2D eigenvalue weighted by atomic mass is 9.85. The van der Waals surface area contributed by atoms with Crippen LogP contribution in [-0.4, -0.2) is 35.0 Å². The van der Waals surface area contributed by atoms with Crippen molar-refractivity contribution in [2.45, 2.75) is 77.0 Å². The molecule has 1 amide bonds. The number of benzene rings is 3. The summed E-state index contributed by atoms with van der Waals surface area (Å²) in [5.41, 5.74) is 5.22. The third kappa shape index (κ3) is 9.10. The number of carboxylic acids is 1. The van der Waals surface area contributed by atoms with Crippen molar-refractivity contribution in [2.75, 3.05) is 12.0 Å². The van der Waals surface area contributed by atoms with Crippen LogP contribution in [0.15, 0.2) is 66.7 Å². The molecule has 7 heteroatoms. The first-order valence-electron chi connectivity index (χ1n) is 14.9. The van der Waals surface area contributed by atoms with Crippen LogP contribution >= 0.6 is 23.4 Å². The molecule has 2 unspecified atom stereocenters. The summed E-state index contributed by atoms with van der Waals surface area (Å²) in [5.74, 6) is -0.0223. The SMILES string of the molecule is CSCCC(NC(=O)c1ccc(COC(CCC2CCCCC2)c2cccc(Cl)c2)cc1-c1ccccc1C)C(=O)O. The summed E-state index contributed by atoms with van der Waals surface area (Å²) in [6, 6.07) is 20.6. The summed E-state index contributed by atoms with van der Waals surface area (Å²) < 4.78 is 6.58. The number of amides is 1. The molecule has 0 bridgehead atoms. The van der Waals surface area contributed by atoms with Crippen molar-refractivity contribution < 1.29 is 19.4 Å². The topological polar surface area (TPSA) is 75.6 Å². The molecule has 0 spiro atoms. The number of halogens is 1. The number of ether oxygens (including phenoxy) is 1. The Morgan fingerprint density at radius 2 is 1.79 bits per heavy atom. The molecular weight excluding hydrogens is 566 g/mol. The molecule has 224 valence electrons. The highest BCUT2D eigenvalue weighted by molar-refractivity contribution is 7.98. The third-order valence-electron chi connectivity index (χ3n) is 8.21. The Kier molecular flexibility index (Phi) is 12.4. The maximum Gasteiger partial charge on any atom is 0.326 e. The van der Waals surface area contributed by atoms with Gasteiger partial charge in [0.2, 0.25) is 0 Å². The Morgan fingerprint density at radius 3 is 2.50 bits per heavy atom. The molecule has 0 aromatic heterocycles. The van der Waals surface area contributed by atoms with Crippen molar-refractivity contribution in [3.8, 4) is 11.1 Å². The smallest absolute Gasteiger partial charge is 0.326 e. The number of hydrogen-bond donors (Lipinski definition) is 2. The van der Waals surface area contributed by atoms with Gasteiger partial charge in [-0.25, -0.2) is 4.79 Å². The highest BCUT2D eigenvalue weighted by Crippen LogP contribution is 2.34. The van der Waals surface area contributed by atoms with Crippen molar-refractivity contribution >= 4 is 35.2 Å². The van der Waals surface area contributed by atoms with E-state index in [1.807, 2.05) is 67.8 Å². The minimum Gasteiger partial charge on any atom is -0.480 e. The molecule has 1 aliphatic rings. The quantitative estimate of drug-likeness (QED) is 0.191. The molecule has 0 heterocycles. The molecule has 5 nitrogen and oxygen atoms in total. The van der Waals surface area contributed by atoms with Crippen LogP contribution in [0.25, 0.3) is 11.1 Å². The standard InChI is InChI=1S/C35H42ClNO4S/c1-24-9-6-7-14-29(24)31-21-26(15-17-30(31)34(38)37-32(35(39)40)19-20-42-2)23-41-33(27-12-8-13-28(36)22-27)18-16-25-10-4-3-5-11-25/h6-9,12-15,17,21-22,25,32-33H,3-5,10-11,16,18-20,23H2,1-2H3,(H,37,38)(H,39,40). The molecule has 1 fully saturated rings. The van der Waals surface area contributed by atoms with Gasteiger partial charge in [0, 0.05) is 10.6 Å².